The molecule has 2 atom stereocenters. The summed E-state index contributed by atoms with van der Waals surface area (Å²) in [7, 11) is 1.76. The van der Waals surface area contributed by atoms with Crippen LogP contribution in [0.1, 0.15) is 51.5 Å². The highest BCUT2D eigenvalue weighted by molar-refractivity contribution is 6.32. The normalized spacial score (nSPS) is 23.2. The van der Waals surface area contributed by atoms with Gasteiger partial charge in [0.05, 0.1) is 18.1 Å². The minimum atomic E-state index is -0.275. The lowest BCUT2D eigenvalue weighted by molar-refractivity contribution is -0.142. The van der Waals surface area contributed by atoms with Gasteiger partial charge in [-0.25, -0.2) is 4.79 Å². The Hall–Kier alpha value is -1.99. The van der Waals surface area contributed by atoms with Crippen molar-refractivity contribution in [2.75, 3.05) is 20.2 Å². The molecular formula is C22H31ClN2O5. The lowest BCUT2D eigenvalue weighted by Gasteiger charge is -2.47. The molecule has 0 aromatic heterocycles. The predicted octanol–water partition coefficient (Wildman–Crippen LogP) is 4.21. The molecule has 0 saturated carbocycles. The van der Waals surface area contributed by atoms with Crippen LogP contribution in [0.15, 0.2) is 18.2 Å². The van der Waals surface area contributed by atoms with Crippen LogP contribution in [0.4, 0.5) is 4.79 Å². The van der Waals surface area contributed by atoms with Gasteiger partial charge in [-0.05, 0) is 50.8 Å². The van der Waals surface area contributed by atoms with Crippen molar-refractivity contribution >= 4 is 23.7 Å². The van der Waals surface area contributed by atoms with Gasteiger partial charge in [0, 0.05) is 38.5 Å². The van der Waals surface area contributed by atoms with Gasteiger partial charge in [0.2, 0.25) is 0 Å². The molecule has 0 spiro atoms. The monoisotopic (exact) mass is 438 g/mol. The molecule has 2 heterocycles. The Balaban J connectivity index is 1.62. The number of benzene rings is 1. The number of hydroxylamine groups is 2. The molecule has 1 aromatic carbocycles. The maximum absolute atomic E-state index is 12.6. The third-order valence-electron chi connectivity index (χ3n) is 5.77. The van der Waals surface area contributed by atoms with E-state index in [4.69, 9.17) is 25.9 Å². The molecule has 8 heteroatoms. The summed E-state index contributed by atoms with van der Waals surface area (Å²) < 4.78 is 11.2. The molecule has 2 aliphatic heterocycles. The fourth-order valence-electron chi connectivity index (χ4n) is 4.28. The molecule has 1 amide bonds. The Morgan fingerprint density at radius 2 is 1.90 bits per heavy atom. The average Bonchev–Trinajstić information content (AvgIpc) is 2.69. The van der Waals surface area contributed by atoms with Crippen molar-refractivity contribution in [3.63, 3.8) is 0 Å². The van der Waals surface area contributed by atoms with E-state index in [-0.39, 0.29) is 36.7 Å². The van der Waals surface area contributed by atoms with Gasteiger partial charge in [-0.2, -0.15) is 0 Å². The Morgan fingerprint density at radius 3 is 2.50 bits per heavy atom. The van der Waals surface area contributed by atoms with E-state index < -0.39 is 0 Å². The van der Waals surface area contributed by atoms with Crippen LogP contribution in [0.2, 0.25) is 5.02 Å². The summed E-state index contributed by atoms with van der Waals surface area (Å²) in [4.78, 5) is 31.6. The molecule has 2 unspecified atom stereocenters. The molecule has 7 nitrogen and oxygen atoms in total. The maximum atomic E-state index is 12.6. The largest absolute Gasteiger partial charge is 0.489 e. The minimum Gasteiger partial charge on any atom is -0.489 e. The highest BCUT2D eigenvalue weighted by Gasteiger charge is 2.43. The third kappa shape index (κ3) is 5.58. The molecule has 2 saturated heterocycles. The van der Waals surface area contributed by atoms with E-state index in [1.54, 1.807) is 25.1 Å². The molecule has 30 heavy (non-hydrogen) atoms. The molecule has 0 radical (unpaired) electrons. The van der Waals surface area contributed by atoms with Crippen molar-refractivity contribution in [3.8, 4) is 5.75 Å². The summed E-state index contributed by atoms with van der Waals surface area (Å²) in [5, 5.41) is 2.03. The fraction of sp³-hybridized carbons (Fsp3) is 0.636. The molecule has 3 rings (SSSR count). The van der Waals surface area contributed by atoms with E-state index >= 15 is 0 Å². The van der Waals surface area contributed by atoms with Crippen LogP contribution in [0.5, 0.6) is 5.75 Å². The highest BCUT2D eigenvalue weighted by Crippen LogP contribution is 2.37. The minimum absolute atomic E-state index is 0.0124. The van der Waals surface area contributed by atoms with Gasteiger partial charge < -0.3 is 19.2 Å². The molecule has 2 bridgehead atoms. The van der Waals surface area contributed by atoms with Gasteiger partial charge in [0.1, 0.15) is 11.9 Å². The quantitative estimate of drug-likeness (QED) is 0.469. The average molecular weight is 439 g/mol. The van der Waals surface area contributed by atoms with Crippen LogP contribution in [0.25, 0.3) is 0 Å². The number of hydrogen-bond donors (Lipinski definition) is 0. The Morgan fingerprint density at radius 1 is 1.20 bits per heavy atom. The van der Waals surface area contributed by atoms with Crippen molar-refractivity contribution < 1.29 is 23.9 Å². The second kappa shape index (κ2) is 10.4. The molecule has 2 aliphatic rings. The van der Waals surface area contributed by atoms with Crippen LogP contribution in [0, 0.1) is 0 Å². The lowest BCUT2D eigenvalue weighted by atomic mass is 9.83. The fourth-order valence-corrected chi connectivity index (χ4v) is 4.53. The smallest absolute Gasteiger partial charge is 0.429 e. The van der Waals surface area contributed by atoms with E-state index in [9.17, 15) is 9.59 Å². The number of fused-ring (bicyclic) bond motifs is 2. The number of rotatable bonds is 7. The Kier molecular flexibility index (Phi) is 7.83. The molecule has 2 fully saturated rings. The lowest BCUT2D eigenvalue weighted by Crippen LogP contribution is -2.57. The summed E-state index contributed by atoms with van der Waals surface area (Å²) in [5.41, 5.74) is 0.792. The van der Waals surface area contributed by atoms with Crippen LogP contribution in [0.3, 0.4) is 0 Å². The zero-order chi connectivity index (χ0) is 21.7. The van der Waals surface area contributed by atoms with Gasteiger partial charge in [0.15, 0.2) is 0 Å². The highest BCUT2D eigenvalue weighted by atomic mass is 35.5. The summed E-state index contributed by atoms with van der Waals surface area (Å²) in [6.45, 7) is 4.72. The van der Waals surface area contributed by atoms with Gasteiger partial charge in [-0.15, -0.1) is 5.06 Å². The molecular weight excluding hydrogens is 408 g/mol. The first-order valence-corrected chi connectivity index (χ1v) is 11.1. The molecule has 0 N–H and O–H groups in total. The van der Waals surface area contributed by atoms with Crippen LogP contribution in [-0.2, 0) is 20.8 Å². The van der Waals surface area contributed by atoms with Crippen LogP contribution < -0.4 is 4.74 Å². The van der Waals surface area contributed by atoms with Crippen molar-refractivity contribution in [2.45, 2.75) is 70.6 Å². The molecule has 1 aromatic rings. The first-order chi connectivity index (χ1) is 14.4. The van der Waals surface area contributed by atoms with E-state index in [1.165, 1.54) is 0 Å². The van der Waals surface area contributed by atoms with Crippen molar-refractivity contribution in [2.24, 2.45) is 0 Å². The number of carbonyl (C=O) groups is 2. The van der Waals surface area contributed by atoms with Crippen molar-refractivity contribution in [1.82, 2.24) is 9.96 Å². The topological polar surface area (TPSA) is 68.3 Å². The van der Waals surface area contributed by atoms with Gasteiger partial charge >= 0.3 is 12.1 Å². The summed E-state index contributed by atoms with van der Waals surface area (Å²) >= 11 is 6.41. The van der Waals surface area contributed by atoms with E-state index in [0.717, 1.165) is 37.7 Å². The Labute approximate surface area is 183 Å². The van der Waals surface area contributed by atoms with E-state index in [2.05, 4.69) is 0 Å². The molecule has 0 aliphatic carbocycles. The number of nitrogens with zero attached hydrogens (tertiary/aromatic N) is 2. The maximum Gasteiger partial charge on any atom is 0.429 e. The number of amides is 1. The third-order valence-corrected chi connectivity index (χ3v) is 6.06. The van der Waals surface area contributed by atoms with E-state index in [0.29, 0.717) is 23.9 Å². The van der Waals surface area contributed by atoms with Crippen molar-refractivity contribution in [1.29, 1.82) is 0 Å². The first kappa shape index (κ1) is 22.7. The number of halogens is 1. The zero-order valence-electron chi connectivity index (χ0n) is 17.9. The molecule has 166 valence electrons. The number of piperidine rings is 2. The van der Waals surface area contributed by atoms with Crippen LogP contribution in [-0.4, -0.2) is 60.4 Å². The SMILES string of the molecule is CCOC(=O)Cc1ccc(OC2CC3CCCC(C2)N3C(=O)ON(C)CC)c(Cl)c1. The summed E-state index contributed by atoms with van der Waals surface area (Å²) in [6, 6.07) is 5.63. The Bertz CT molecular complexity index is 745. The first-order valence-electron chi connectivity index (χ1n) is 10.7. The van der Waals surface area contributed by atoms with Crippen LogP contribution >= 0.6 is 11.6 Å². The number of carbonyl (C=O) groups excluding carboxylic acids is 2. The summed E-state index contributed by atoms with van der Waals surface area (Å²) in [5.74, 6) is 0.331. The number of esters is 1. The zero-order valence-corrected chi connectivity index (χ0v) is 18.7. The van der Waals surface area contributed by atoms with Gasteiger partial charge in [0.25, 0.3) is 0 Å². The standard InChI is InChI=1S/C22H31ClN2O5/c1-4-24(3)30-22(27)25-16-7-6-8-17(25)14-18(13-16)29-20-10-9-15(11-19(20)23)12-21(26)28-5-2/h9-11,16-18H,4-8,12-14H2,1-3H3. The predicted molar refractivity (Wildman–Crippen MR) is 113 cm³/mol. The second-order valence-corrected chi connectivity index (χ2v) is 8.31. The van der Waals surface area contributed by atoms with E-state index in [1.807, 2.05) is 24.0 Å². The van der Waals surface area contributed by atoms with Gasteiger partial charge in [-0.3, -0.25) is 4.79 Å². The number of hydrogen-bond acceptors (Lipinski definition) is 6. The second-order valence-electron chi connectivity index (χ2n) is 7.90. The summed E-state index contributed by atoms with van der Waals surface area (Å²) in [6.07, 6.45) is 4.42. The van der Waals surface area contributed by atoms with Gasteiger partial charge in [-0.1, -0.05) is 17.7 Å². The van der Waals surface area contributed by atoms with Crippen molar-refractivity contribution in [3.05, 3.63) is 28.8 Å². The number of ether oxygens (including phenoxy) is 2.